The highest BCUT2D eigenvalue weighted by molar-refractivity contribution is 5.43. The molecule has 1 aliphatic rings. The molecule has 1 atom stereocenters. The Balaban J connectivity index is 2.40. The second-order valence-corrected chi connectivity index (χ2v) is 3.55. The second-order valence-electron chi connectivity index (χ2n) is 3.55. The molecule has 0 bridgehead atoms. The fourth-order valence-electron chi connectivity index (χ4n) is 1.84. The van der Waals surface area contributed by atoms with Crippen LogP contribution in [0.4, 0.5) is 14.5 Å². The molecule has 2 rings (SSSR count). The predicted octanol–water partition coefficient (Wildman–Crippen LogP) is 1.97. The molecule has 1 aliphatic heterocycles. The largest absolute Gasteiger partial charge is 0.399 e. The molecule has 4 heteroatoms. The van der Waals surface area contributed by atoms with E-state index in [0.29, 0.717) is 5.56 Å². The molecule has 0 spiro atoms. The molecule has 0 radical (unpaired) electrons. The third kappa shape index (κ3) is 1.57. The molecule has 14 heavy (non-hydrogen) atoms. The summed E-state index contributed by atoms with van der Waals surface area (Å²) in [5.41, 5.74) is 6.08. The zero-order valence-corrected chi connectivity index (χ0v) is 7.69. The Morgan fingerprint density at radius 3 is 2.79 bits per heavy atom. The highest BCUT2D eigenvalue weighted by Gasteiger charge is 2.21. The van der Waals surface area contributed by atoms with Gasteiger partial charge in [-0.1, -0.05) is 0 Å². The summed E-state index contributed by atoms with van der Waals surface area (Å²) in [5, 5.41) is 3.11. The van der Waals surface area contributed by atoms with Gasteiger partial charge in [-0.3, -0.25) is 0 Å². The van der Waals surface area contributed by atoms with Crippen LogP contribution in [0.15, 0.2) is 12.1 Å². The van der Waals surface area contributed by atoms with E-state index in [1.165, 1.54) is 6.07 Å². The van der Waals surface area contributed by atoms with E-state index in [2.05, 4.69) is 5.32 Å². The molecule has 0 unspecified atom stereocenters. The van der Waals surface area contributed by atoms with Gasteiger partial charge in [0.05, 0.1) is 0 Å². The van der Waals surface area contributed by atoms with Gasteiger partial charge < -0.3 is 11.1 Å². The van der Waals surface area contributed by atoms with E-state index in [4.69, 9.17) is 5.73 Å². The Kier molecular flexibility index (Phi) is 2.37. The van der Waals surface area contributed by atoms with Gasteiger partial charge in [0.1, 0.15) is 0 Å². The SMILES string of the molecule is Nc1cc(F)c(F)c([C@H]2CCCN2)c1. The van der Waals surface area contributed by atoms with Gasteiger partial charge in [0.25, 0.3) is 0 Å². The number of benzene rings is 1. The molecule has 2 nitrogen and oxygen atoms in total. The lowest BCUT2D eigenvalue weighted by atomic mass is 10.0. The number of halogens is 2. The molecule has 1 heterocycles. The molecular weight excluding hydrogens is 186 g/mol. The Hall–Kier alpha value is -1.16. The van der Waals surface area contributed by atoms with Gasteiger partial charge in [0.15, 0.2) is 11.6 Å². The molecule has 76 valence electrons. The molecule has 1 saturated heterocycles. The average molecular weight is 198 g/mol. The van der Waals surface area contributed by atoms with Gasteiger partial charge in [-0.15, -0.1) is 0 Å². The third-order valence-electron chi connectivity index (χ3n) is 2.51. The number of hydrogen-bond acceptors (Lipinski definition) is 2. The summed E-state index contributed by atoms with van der Waals surface area (Å²) in [5.74, 6) is -1.65. The maximum Gasteiger partial charge on any atom is 0.163 e. The highest BCUT2D eigenvalue weighted by Crippen LogP contribution is 2.28. The first-order chi connectivity index (χ1) is 6.68. The van der Waals surface area contributed by atoms with Crippen LogP contribution in [0.5, 0.6) is 0 Å². The lowest BCUT2D eigenvalue weighted by Crippen LogP contribution is -2.15. The van der Waals surface area contributed by atoms with Gasteiger partial charge in [-0.25, -0.2) is 8.78 Å². The molecule has 1 fully saturated rings. The molecule has 0 aromatic heterocycles. The Bertz CT molecular complexity index is 346. The summed E-state index contributed by atoms with van der Waals surface area (Å²) in [6.45, 7) is 0.848. The van der Waals surface area contributed by atoms with Crippen LogP contribution in [0.3, 0.4) is 0 Å². The zero-order chi connectivity index (χ0) is 10.1. The molecule has 0 amide bonds. The number of nitrogens with two attached hydrogens (primary N) is 1. The van der Waals surface area contributed by atoms with Crippen molar-refractivity contribution in [3.8, 4) is 0 Å². The topological polar surface area (TPSA) is 38.0 Å². The number of rotatable bonds is 1. The van der Waals surface area contributed by atoms with Crippen LogP contribution in [0.25, 0.3) is 0 Å². The van der Waals surface area contributed by atoms with Crippen LogP contribution in [0.2, 0.25) is 0 Å². The minimum absolute atomic E-state index is 0.0898. The smallest absolute Gasteiger partial charge is 0.163 e. The standard InChI is InChI=1S/C10H12F2N2/c11-8-5-6(13)4-7(10(8)12)9-2-1-3-14-9/h4-5,9,14H,1-3,13H2/t9-/m1/s1. The van der Waals surface area contributed by atoms with E-state index in [0.717, 1.165) is 25.5 Å². The van der Waals surface area contributed by atoms with Gasteiger partial charge in [-0.2, -0.15) is 0 Å². The highest BCUT2D eigenvalue weighted by atomic mass is 19.2. The van der Waals surface area contributed by atoms with E-state index < -0.39 is 11.6 Å². The van der Waals surface area contributed by atoms with Crippen molar-refractivity contribution < 1.29 is 8.78 Å². The van der Waals surface area contributed by atoms with Gasteiger partial charge in [-0.05, 0) is 31.5 Å². The van der Waals surface area contributed by atoms with Crippen molar-refractivity contribution in [2.75, 3.05) is 12.3 Å². The molecule has 3 N–H and O–H groups in total. The fraction of sp³-hybridized carbons (Fsp3) is 0.400. The fourth-order valence-corrected chi connectivity index (χ4v) is 1.84. The maximum absolute atomic E-state index is 13.4. The molecule has 0 saturated carbocycles. The Labute approximate surface area is 81.1 Å². The van der Waals surface area contributed by atoms with Gasteiger partial charge in [0, 0.05) is 17.3 Å². The number of hydrogen-bond donors (Lipinski definition) is 2. The van der Waals surface area contributed by atoms with Crippen LogP contribution in [-0.4, -0.2) is 6.54 Å². The summed E-state index contributed by atoms with van der Waals surface area (Å²) < 4.78 is 26.4. The summed E-state index contributed by atoms with van der Waals surface area (Å²) in [7, 11) is 0. The maximum atomic E-state index is 13.4. The summed E-state index contributed by atoms with van der Waals surface area (Å²) in [6.07, 6.45) is 1.82. The van der Waals surface area contributed by atoms with E-state index in [1.54, 1.807) is 0 Å². The monoisotopic (exact) mass is 198 g/mol. The van der Waals surface area contributed by atoms with Crippen LogP contribution in [-0.2, 0) is 0 Å². The van der Waals surface area contributed by atoms with Crippen LogP contribution >= 0.6 is 0 Å². The number of anilines is 1. The van der Waals surface area contributed by atoms with Crippen LogP contribution in [0, 0.1) is 11.6 Å². The first-order valence-electron chi connectivity index (χ1n) is 4.66. The first-order valence-corrected chi connectivity index (χ1v) is 4.66. The van der Waals surface area contributed by atoms with Crippen LogP contribution < -0.4 is 11.1 Å². The zero-order valence-electron chi connectivity index (χ0n) is 7.69. The van der Waals surface area contributed by atoms with Crippen molar-refractivity contribution >= 4 is 5.69 Å². The van der Waals surface area contributed by atoms with E-state index in [9.17, 15) is 8.78 Å². The van der Waals surface area contributed by atoms with Crippen molar-refractivity contribution in [2.24, 2.45) is 0 Å². The van der Waals surface area contributed by atoms with Crippen LogP contribution in [0.1, 0.15) is 24.4 Å². The lowest BCUT2D eigenvalue weighted by Gasteiger charge is -2.12. The normalized spacial score (nSPS) is 21.4. The van der Waals surface area contributed by atoms with Crippen molar-refractivity contribution in [2.45, 2.75) is 18.9 Å². The molecular formula is C10H12F2N2. The minimum atomic E-state index is -0.867. The third-order valence-corrected chi connectivity index (χ3v) is 2.51. The minimum Gasteiger partial charge on any atom is -0.399 e. The summed E-state index contributed by atoms with van der Waals surface area (Å²) in [6, 6.07) is 2.42. The van der Waals surface area contributed by atoms with Crippen molar-refractivity contribution in [1.29, 1.82) is 0 Å². The quantitative estimate of drug-likeness (QED) is 0.677. The summed E-state index contributed by atoms with van der Waals surface area (Å²) >= 11 is 0. The molecule has 1 aromatic rings. The first kappa shape index (κ1) is 9.40. The van der Waals surface area contributed by atoms with Crippen molar-refractivity contribution in [3.05, 3.63) is 29.3 Å². The number of nitrogen functional groups attached to an aromatic ring is 1. The summed E-state index contributed by atoms with van der Waals surface area (Å²) in [4.78, 5) is 0. The van der Waals surface area contributed by atoms with E-state index >= 15 is 0 Å². The molecule has 1 aromatic carbocycles. The average Bonchev–Trinajstić information content (AvgIpc) is 2.63. The van der Waals surface area contributed by atoms with E-state index in [1.807, 2.05) is 0 Å². The van der Waals surface area contributed by atoms with E-state index in [-0.39, 0.29) is 11.7 Å². The predicted molar refractivity (Wildman–Crippen MR) is 50.7 cm³/mol. The lowest BCUT2D eigenvalue weighted by molar-refractivity contribution is 0.482. The second kappa shape index (κ2) is 3.53. The van der Waals surface area contributed by atoms with Crippen molar-refractivity contribution in [3.63, 3.8) is 0 Å². The number of nitrogens with one attached hydrogen (secondary N) is 1. The van der Waals surface area contributed by atoms with Gasteiger partial charge >= 0.3 is 0 Å². The Morgan fingerprint density at radius 2 is 2.14 bits per heavy atom. The molecule has 0 aliphatic carbocycles. The Morgan fingerprint density at radius 1 is 1.36 bits per heavy atom. The van der Waals surface area contributed by atoms with Gasteiger partial charge in [0.2, 0.25) is 0 Å². The van der Waals surface area contributed by atoms with Crippen molar-refractivity contribution in [1.82, 2.24) is 5.32 Å².